The Hall–Kier alpha value is -3.40. The van der Waals surface area contributed by atoms with Gasteiger partial charge >= 0.3 is 0 Å². The minimum atomic E-state index is -0.263. The number of ether oxygens (including phenoxy) is 1. The Morgan fingerprint density at radius 1 is 1.13 bits per heavy atom. The Kier molecular flexibility index (Phi) is 7.54. The number of nitrogens with zero attached hydrogens (tertiary/aromatic N) is 3. The lowest BCUT2D eigenvalue weighted by molar-refractivity contribution is -0.126. The van der Waals surface area contributed by atoms with Crippen LogP contribution in [0.15, 0.2) is 54.2 Å². The summed E-state index contributed by atoms with van der Waals surface area (Å²) in [6.45, 7) is 2.02. The van der Waals surface area contributed by atoms with Crippen LogP contribution in [-0.2, 0) is 11.2 Å². The number of rotatable bonds is 8. The number of thiophene rings is 1. The number of hydrogen-bond donors (Lipinski definition) is 3. The first-order valence-electron chi connectivity index (χ1n) is 13.3. The van der Waals surface area contributed by atoms with Crippen molar-refractivity contribution >= 4 is 56.1 Å². The van der Waals surface area contributed by atoms with Crippen LogP contribution >= 0.6 is 22.9 Å². The van der Waals surface area contributed by atoms with Gasteiger partial charge in [-0.25, -0.2) is 9.97 Å². The fourth-order valence-electron chi connectivity index (χ4n) is 5.37. The number of aliphatic hydroxyl groups excluding tert-OH is 1. The molecular formula is C29H30ClN5O3S. The van der Waals surface area contributed by atoms with Crippen LogP contribution in [0.3, 0.4) is 0 Å². The minimum Gasteiger partial charge on any atom is -0.455 e. The second-order valence-corrected chi connectivity index (χ2v) is 11.4. The lowest BCUT2D eigenvalue weighted by atomic mass is 9.87. The summed E-state index contributed by atoms with van der Waals surface area (Å²) in [7, 11) is 0. The molecule has 4 aromatic rings. The molecule has 3 heterocycles. The summed E-state index contributed by atoms with van der Waals surface area (Å²) in [6, 6.07) is 13.7. The molecule has 10 heteroatoms. The molecule has 2 aliphatic rings. The van der Waals surface area contributed by atoms with Crippen molar-refractivity contribution in [3.05, 3.63) is 64.9 Å². The Labute approximate surface area is 236 Å². The molecule has 1 aliphatic heterocycles. The Morgan fingerprint density at radius 3 is 2.85 bits per heavy atom. The molecule has 2 aromatic carbocycles. The molecule has 0 unspecified atom stereocenters. The number of fused-ring (bicyclic) bond motifs is 2. The van der Waals surface area contributed by atoms with Gasteiger partial charge in [-0.1, -0.05) is 17.7 Å². The van der Waals surface area contributed by atoms with Crippen molar-refractivity contribution in [3.63, 3.8) is 0 Å². The van der Waals surface area contributed by atoms with E-state index in [0.717, 1.165) is 58.7 Å². The van der Waals surface area contributed by atoms with Gasteiger partial charge in [0.15, 0.2) is 5.82 Å². The number of benzene rings is 2. The van der Waals surface area contributed by atoms with Gasteiger partial charge in [-0.2, -0.15) is 0 Å². The highest BCUT2D eigenvalue weighted by Crippen LogP contribution is 2.38. The van der Waals surface area contributed by atoms with E-state index >= 15 is 0 Å². The number of aromatic nitrogens is 2. The summed E-state index contributed by atoms with van der Waals surface area (Å²) in [6.07, 6.45) is 5.03. The SMILES string of the molecule is O=C(NCCN1CCc2ncnc(Nc3ccc(Oc4cccc5sccc45)c(Cl)c3)c21)C1CCC(O)CC1. The Balaban J connectivity index is 1.11. The first-order valence-corrected chi connectivity index (χ1v) is 14.6. The van der Waals surface area contributed by atoms with Crippen molar-refractivity contribution in [2.75, 3.05) is 29.9 Å². The van der Waals surface area contributed by atoms with Gasteiger partial charge in [-0.3, -0.25) is 4.79 Å². The van der Waals surface area contributed by atoms with Gasteiger partial charge in [-0.15, -0.1) is 11.3 Å². The summed E-state index contributed by atoms with van der Waals surface area (Å²) in [5.41, 5.74) is 2.73. The third-order valence-corrected chi connectivity index (χ3v) is 8.63. The van der Waals surface area contributed by atoms with Gasteiger partial charge in [0, 0.05) is 47.7 Å². The zero-order chi connectivity index (χ0) is 26.8. The number of halogens is 1. The molecule has 39 heavy (non-hydrogen) atoms. The molecule has 1 aliphatic carbocycles. The van der Waals surface area contributed by atoms with Crippen LogP contribution < -0.4 is 20.3 Å². The summed E-state index contributed by atoms with van der Waals surface area (Å²) in [4.78, 5) is 23.8. The Bertz CT molecular complexity index is 1490. The van der Waals surface area contributed by atoms with E-state index in [1.165, 1.54) is 0 Å². The van der Waals surface area contributed by atoms with Crippen LogP contribution in [0, 0.1) is 5.92 Å². The molecule has 6 rings (SSSR count). The zero-order valence-corrected chi connectivity index (χ0v) is 23.0. The number of anilines is 3. The average molecular weight is 564 g/mol. The normalized spacial score (nSPS) is 18.7. The van der Waals surface area contributed by atoms with Crippen molar-refractivity contribution in [3.8, 4) is 11.5 Å². The van der Waals surface area contributed by atoms with Crippen molar-refractivity contribution in [1.82, 2.24) is 15.3 Å². The number of nitrogens with one attached hydrogen (secondary N) is 2. The molecule has 1 saturated carbocycles. The van der Waals surface area contributed by atoms with E-state index in [4.69, 9.17) is 16.3 Å². The van der Waals surface area contributed by atoms with Crippen molar-refractivity contribution in [2.45, 2.75) is 38.2 Å². The monoisotopic (exact) mass is 563 g/mol. The second-order valence-electron chi connectivity index (χ2n) is 10.0. The van der Waals surface area contributed by atoms with Crippen LogP contribution in [-0.4, -0.2) is 46.7 Å². The summed E-state index contributed by atoms with van der Waals surface area (Å²) in [5.74, 6) is 2.14. The van der Waals surface area contributed by atoms with Gasteiger partial charge in [0.1, 0.15) is 23.5 Å². The smallest absolute Gasteiger partial charge is 0.223 e. The highest BCUT2D eigenvalue weighted by atomic mass is 35.5. The van der Waals surface area contributed by atoms with Crippen LogP contribution in [0.4, 0.5) is 17.2 Å². The van der Waals surface area contributed by atoms with Crippen molar-refractivity contribution in [1.29, 1.82) is 0 Å². The predicted octanol–water partition coefficient (Wildman–Crippen LogP) is 5.91. The zero-order valence-electron chi connectivity index (χ0n) is 21.4. The summed E-state index contributed by atoms with van der Waals surface area (Å²) < 4.78 is 7.32. The van der Waals surface area contributed by atoms with E-state index in [2.05, 4.69) is 31.6 Å². The van der Waals surface area contributed by atoms with E-state index in [1.54, 1.807) is 17.7 Å². The maximum absolute atomic E-state index is 12.6. The number of aliphatic hydroxyl groups is 1. The maximum atomic E-state index is 12.6. The molecule has 0 spiro atoms. The van der Waals surface area contributed by atoms with Crippen LogP contribution in [0.1, 0.15) is 31.4 Å². The lowest BCUT2D eigenvalue weighted by Gasteiger charge is -2.25. The highest BCUT2D eigenvalue weighted by Gasteiger charge is 2.27. The second kappa shape index (κ2) is 11.4. The van der Waals surface area contributed by atoms with E-state index in [0.29, 0.717) is 42.5 Å². The van der Waals surface area contributed by atoms with Crippen molar-refractivity contribution < 1.29 is 14.6 Å². The van der Waals surface area contributed by atoms with E-state index in [1.807, 2.05) is 41.8 Å². The average Bonchev–Trinajstić information content (AvgIpc) is 3.59. The first-order chi connectivity index (χ1) is 19.0. The summed E-state index contributed by atoms with van der Waals surface area (Å²) >= 11 is 8.30. The molecule has 0 atom stereocenters. The van der Waals surface area contributed by atoms with Gasteiger partial charge in [0.25, 0.3) is 0 Å². The molecule has 202 valence electrons. The number of carbonyl (C=O) groups is 1. The quantitative estimate of drug-likeness (QED) is 0.245. The van der Waals surface area contributed by atoms with Gasteiger partial charge in [-0.05, 0) is 67.5 Å². The standard InChI is InChI=1S/C29H30ClN5O3S/c30-22-16-19(6-9-25(22)38-24-2-1-3-26-21(24)11-15-39-26)34-28-27-23(32-17-33-28)10-13-35(27)14-12-31-29(37)18-4-7-20(36)8-5-18/h1-3,6,9,11,15-18,20,36H,4-5,7-8,10,12-14H2,(H,31,37)(H,32,33,34). The third-order valence-electron chi connectivity index (χ3n) is 7.45. The van der Waals surface area contributed by atoms with Gasteiger partial charge < -0.3 is 25.4 Å². The molecule has 0 radical (unpaired) electrons. The molecule has 0 saturated heterocycles. The lowest BCUT2D eigenvalue weighted by Crippen LogP contribution is -2.39. The first kappa shape index (κ1) is 25.9. The van der Waals surface area contributed by atoms with E-state index in [9.17, 15) is 9.90 Å². The fraction of sp³-hybridized carbons (Fsp3) is 0.345. The van der Waals surface area contributed by atoms with Crippen LogP contribution in [0.25, 0.3) is 10.1 Å². The van der Waals surface area contributed by atoms with Gasteiger partial charge in [0.2, 0.25) is 5.91 Å². The van der Waals surface area contributed by atoms with E-state index in [-0.39, 0.29) is 17.9 Å². The number of hydrogen-bond acceptors (Lipinski definition) is 8. The topological polar surface area (TPSA) is 99.6 Å². The molecular weight excluding hydrogens is 534 g/mol. The number of carbonyl (C=O) groups excluding carboxylic acids is 1. The van der Waals surface area contributed by atoms with E-state index < -0.39 is 0 Å². The fourth-order valence-corrected chi connectivity index (χ4v) is 6.39. The molecule has 8 nitrogen and oxygen atoms in total. The van der Waals surface area contributed by atoms with Crippen LogP contribution in [0.5, 0.6) is 11.5 Å². The minimum absolute atomic E-state index is 0.00492. The molecule has 0 bridgehead atoms. The molecule has 2 aromatic heterocycles. The van der Waals surface area contributed by atoms with Crippen LogP contribution in [0.2, 0.25) is 5.02 Å². The third kappa shape index (κ3) is 5.66. The molecule has 3 N–H and O–H groups in total. The van der Waals surface area contributed by atoms with Crippen molar-refractivity contribution in [2.24, 2.45) is 5.92 Å². The maximum Gasteiger partial charge on any atom is 0.223 e. The predicted molar refractivity (Wildman–Crippen MR) is 156 cm³/mol. The summed E-state index contributed by atoms with van der Waals surface area (Å²) in [5, 5.41) is 19.8. The highest BCUT2D eigenvalue weighted by molar-refractivity contribution is 7.17. The molecule has 1 fully saturated rings. The number of amides is 1. The largest absolute Gasteiger partial charge is 0.455 e. The molecule has 1 amide bonds. The van der Waals surface area contributed by atoms with Gasteiger partial charge in [0.05, 0.1) is 16.8 Å². The Morgan fingerprint density at radius 2 is 2.00 bits per heavy atom.